The Morgan fingerprint density at radius 1 is 1.30 bits per heavy atom. The zero-order valence-electron chi connectivity index (χ0n) is 10.3. The van der Waals surface area contributed by atoms with Crippen LogP contribution in [0.3, 0.4) is 0 Å². The van der Waals surface area contributed by atoms with Crippen LogP contribution in [-0.2, 0) is 0 Å². The molecule has 0 spiro atoms. The highest BCUT2D eigenvalue weighted by atomic mass is 35.5. The van der Waals surface area contributed by atoms with E-state index >= 15 is 0 Å². The number of aromatic carboxylic acids is 1. The average molecular weight is 291 g/mol. The molecule has 0 aliphatic carbocycles. The summed E-state index contributed by atoms with van der Waals surface area (Å²) >= 11 is 5.50. The van der Waals surface area contributed by atoms with Gasteiger partial charge in [-0.05, 0) is 29.8 Å². The molecule has 102 valence electrons. The zero-order chi connectivity index (χ0) is 14.5. The van der Waals surface area contributed by atoms with Crippen LogP contribution in [0.2, 0.25) is 5.02 Å². The molecule has 1 aromatic heterocycles. The maximum Gasteiger partial charge on any atom is 0.270 e. The number of hydroxylamine groups is 1. The monoisotopic (exact) mass is 290 g/mol. The lowest BCUT2D eigenvalue weighted by molar-refractivity contribution is -0.989. The number of nitrogens with one attached hydrogen (secondary N) is 1. The predicted octanol–water partition coefficient (Wildman–Crippen LogP) is 0.675. The van der Waals surface area contributed by atoms with E-state index in [0.29, 0.717) is 10.8 Å². The number of fused-ring (bicyclic) bond motifs is 1. The van der Waals surface area contributed by atoms with Gasteiger partial charge in [-0.25, -0.2) is 10.2 Å². The van der Waals surface area contributed by atoms with Crippen molar-refractivity contribution in [2.45, 2.75) is 0 Å². The largest absolute Gasteiger partial charge is 0.545 e. The van der Waals surface area contributed by atoms with Crippen LogP contribution in [0.5, 0.6) is 0 Å². The summed E-state index contributed by atoms with van der Waals surface area (Å²) in [7, 11) is 0. The number of hydrogen-bond acceptors (Lipinski definition) is 4. The third kappa shape index (κ3) is 3.42. The molecule has 0 amide bonds. The lowest BCUT2D eigenvalue weighted by Crippen LogP contribution is -2.98. The van der Waals surface area contributed by atoms with Gasteiger partial charge in [-0.2, -0.15) is 0 Å². The molecule has 1 aromatic carbocycles. The standard InChI is InChI=1S/C7H5ClO2.C7H6N2O/c8-6-3-1-2-5(4-6)7(9)10;10-9-5-3-6-2-1-4-8-7(6)9/h1-4H,(H,9,10);1-5,10H. The minimum absolute atomic E-state index is 0.104. The van der Waals surface area contributed by atoms with Crippen molar-refractivity contribution in [3.8, 4) is 0 Å². The highest BCUT2D eigenvalue weighted by molar-refractivity contribution is 6.30. The summed E-state index contributed by atoms with van der Waals surface area (Å²) in [6, 6.07) is 9.71. The van der Waals surface area contributed by atoms with E-state index in [1.165, 1.54) is 12.1 Å². The number of carboxylic acid groups (broad SMARTS) is 1. The molecule has 0 fully saturated rings. The van der Waals surface area contributed by atoms with Crippen molar-refractivity contribution in [1.29, 1.82) is 0 Å². The van der Waals surface area contributed by atoms with Gasteiger partial charge in [0.2, 0.25) is 0 Å². The number of carbonyl (C=O) groups is 1. The Hall–Kier alpha value is -2.21. The first kappa shape index (κ1) is 14.2. The molecular formula is C14H11ClN2O3. The molecular weight excluding hydrogens is 280 g/mol. The number of nitrogens with zero attached hydrogens (tertiary/aromatic N) is 1. The van der Waals surface area contributed by atoms with Gasteiger partial charge in [0.15, 0.2) is 0 Å². The van der Waals surface area contributed by atoms with Crippen molar-refractivity contribution in [1.82, 2.24) is 4.98 Å². The van der Waals surface area contributed by atoms with Gasteiger partial charge in [0, 0.05) is 17.3 Å². The molecule has 1 unspecified atom stereocenters. The Kier molecular flexibility index (Phi) is 4.47. The molecule has 0 bridgehead atoms. The van der Waals surface area contributed by atoms with Crippen LogP contribution in [0.25, 0.3) is 6.08 Å². The number of benzene rings is 1. The molecule has 1 aliphatic heterocycles. The topological polar surface area (TPSA) is 77.7 Å². The summed E-state index contributed by atoms with van der Waals surface area (Å²) in [6.45, 7) is 0. The molecule has 3 rings (SSSR count). The van der Waals surface area contributed by atoms with Gasteiger partial charge in [-0.3, -0.25) is 0 Å². The summed E-state index contributed by atoms with van der Waals surface area (Å²) in [5, 5.41) is 20.0. The Balaban J connectivity index is 0.000000147. The first-order valence-corrected chi connectivity index (χ1v) is 6.12. The van der Waals surface area contributed by atoms with E-state index in [1.807, 2.05) is 18.2 Å². The van der Waals surface area contributed by atoms with Gasteiger partial charge in [0.05, 0.1) is 11.5 Å². The lowest BCUT2D eigenvalue weighted by atomic mass is 10.2. The van der Waals surface area contributed by atoms with Gasteiger partial charge in [-0.15, -0.1) is 5.06 Å². The normalized spacial score (nSPS) is 15.2. The number of hydrogen-bond donors (Lipinski definition) is 2. The third-order valence-electron chi connectivity index (χ3n) is 2.56. The number of halogens is 1. The molecule has 2 N–H and O–H groups in total. The van der Waals surface area contributed by atoms with Gasteiger partial charge < -0.3 is 9.90 Å². The Morgan fingerprint density at radius 3 is 2.70 bits per heavy atom. The van der Waals surface area contributed by atoms with Crippen LogP contribution in [0.1, 0.15) is 15.9 Å². The van der Waals surface area contributed by atoms with Gasteiger partial charge in [0.25, 0.3) is 5.82 Å². The SMILES string of the molecule is O=C([O-])c1cccc(Cl)c1.O[NH+]1C=Cc2cccnc21. The van der Waals surface area contributed by atoms with Crippen LogP contribution in [0.15, 0.2) is 48.8 Å². The predicted molar refractivity (Wildman–Crippen MR) is 71.5 cm³/mol. The minimum Gasteiger partial charge on any atom is -0.545 e. The summed E-state index contributed by atoms with van der Waals surface area (Å²) in [4.78, 5) is 14.2. The van der Waals surface area contributed by atoms with E-state index in [4.69, 9.17) is 16.8 Å². The minimum atomic E-state index is -1.21. The maximum absolute atomic E-state index is 10.2. The molecule has 6 heteroatoms. The first-order valence-electron chi connectivity index (χ1n) is 5.74. The van der Waals surface area contributed by atoms with Gasteiger partial charge in [-0.1, -0.05) is 23.7 Å². The smallest absolute Gasteiger partial charge is 0.270 e. The molecule has 2 aromatic rings. The Bertz CT molecular complexity index is 658. The van der Waals surface area contributed by atoms with E-state index in [2.05, 4.69) is 4.98 Å². The van der Waals surface area contributed by atoms with Crippen molar-refractivity contribution in [3.05, 3.63) is 64.9 Å². The molecule has 0 saturated carbocycles. The van der Waals surface area contributed by atoms with Crippen molar-refractivity contribution < 1.29 is 20.2 Å². The van der Waals surface area contributed by atoms with E-state index in [9.17, 15) is 9.90 Å². The average Bonchev–Trinajstić information content (AvgIpc) is 2.82. The van der Waals surface area contributed by atoms with Crippen LogP contribution in [-0.4, -0.2) is 16.2 Å². The Labute approximate surface area is 120 Å². The number of quaternary nitrogens is 1. The molecule has 1 aliphatic rings. The fraction of sp³-hybridized carbons (Fsp3) is 0. The van der Waals surface area contributed by atoms with E-state index < -0.39 is 5.97 Å². The van der Waals surface area contributed by atoms with Crippen molar-refractivity contribution in [2.75, 3.05) is 0 Å². The third-order valence-corrected chi connectivity index (χ3v) is 2.80. The number of rotatable bonds is 1. The van der Waals surface area contributed by atoms with Crippen LogP contribution in [0.4, 0.5) is 5.82 Å². The molecule has 0 saturated heterocycles. The number of aromatic nitrogens is 1. The molecule has 5 nitrogen and oxygen atoms in total. The van der Waals surface area contributed by atoms with E-state index in [0.717, 1.165) is 5.56 Å². The lowest BCUT2D eigenvalue weighted by Gasteiger charge is -2.00. The van der Waals surface area contributed by atoms with Crippen molar-refractivity contribution in [2.24, 2.45) is 0 Å². The number of pyridine rings is 1. The van der Waals surface area contributed by atoms with Crippen LogP contribution < -0.4 is 10.2 Å². The van der Waals surface area contributed by atoms with Crippen LogP contribution >= 0.6 is 11.6 Å². The Morgan fingerprint density at radius 2 is 2.10 bits per heavy atom. The fourth-order valence-electron chi connectivity index (χ4n) is 1.63. The van der Waals surface area contributed by atoms with E-state index in [1.54, 1.807) is 24.5 Å². The van der Waals surface area contributed by atoms with Crippen molar-refractivity contribution in [3.63, 3.8) is 0 Å². The molecule has 1 atom stereocenters. The molecule has 2 heterocycles. The summed E-state index contributed by atoms with van der Waals surface area (Å²) < 4.78 is 0. The quantitative estimate of drug-likeness (QED) is 0.809. The highest BCUT2D eigenvalue weighted by Crippen LogP contribution is 2.11. The van der Waals surface area contributed by atoms with Gasteiger partial charge in [0.1, 0.15) is 6.20 Å². The first-order chi connectivity index (χ1) is 9.58. The number of carboxylic acids is 1. The highest BCUT2D eigenvalue weighted by Gasteiger charge is 2.17. The summed E-state index contributed by atoms with van der Waals surface area (Å²) in [5.41, 5.74) is 1.09. The fourth-order valence-corrected chi connectivity index (χ4v) is 1.82. The second-order valence-corrected chi connectivity index (χ2v) is 4.39. The van der Waals surface area contributed by atoms with E-state index in [-0.39, 0.29) is 10.6 Å². The summed E-state index contributed by atoms with van der Waals surface area (Å²) in [5.74, 6) is -0.523. The molecule has 0 radical (unpaired) electrons. The summed E-state index contributed by atoms with van der Waals surface area (Å²) in [6.07, 6.45) is 5.16. The zero-order valence-corrected chi connectivity index (χ0v) is 11.0. The van der Waals surface area contributed by atoms with Gasteiger partial charge >= 0.3 is 0 Å². The maximum atomic E-state index is 10.2. The van der Waals surface area contributed by atoms with Crippen molar-refractivity contribution >= 4 is 29.5 Å². The molecule has 20 heavy (non-hydrogen) atoms. The van der Waals surface area contributed by atoms with Crippen LogP contribution in [0, 0.1) is 0 Å². The number of carbonyl (C=O) groups excluding carboxylic acids is 1. The second kappa shape index (κ2) is 6.29. The second-order valence-electron chi connectivity index (χ2n) is 3.96.